The zero-order chi connectivity index (χ0) is 15.5. The van der Waals surface area contributed by atoms with Gasteiger partial charge in [0.1, 0.15) is 11.4 Å². The van der Waals surface area contributed by atoms with Gasteiger partial charge in [-0.05, 0) is 24.6 Å². The van der Waals surface area contributed by atoms with Gasteiger partial charge >= 0.3 is 12.0 Å². The molecule has 7 heteroatoms. The molecule has 2 amide bonds. The molecule has 1 aromatic carbocycles. The van der Waals surface area contributed by atoms with Crippen LogP contribution in [0.5, 0.6) is 0 Å². The van der Waals surface area contributed by atoms with Gasteiger partial charge < -0.3 is 20.5 Å². The maximum Gasteiger partial charge on any atom is 0.329 e. The van der Waals surface area contributed by atoms with E-state index in [0.29, 0.717) is 0 Å². The maximum absolute atomic E-state index is 13.7. The molecule has 1 aromatic rings. The van der Waals surface area contributed by atoms with Crippen LogP contribution in [0.1, 0.15) is 18.4 Å². The van der Waals surface area contributed by atoms with Crippen molar-refractivity contribution in [3.05, 3.63) is 29.6 Å². The van der Waals surface area contributed by atoms with Crippen molar-refractivity contribution in [1.82, 2.24) is 5.32 Å². The third kappa shape index (κ3) is 3.49. The van der Waals surface area contributed by atoms with E-state index in [1.54, 1.807) is 13.0 Å². The van der Waals surface area contributed by atoms with E-state index < -0.39 is 23.4 Å². The second-order valence-electron chi connectivity index (χ2n) is 5.06. The first-order valence-electron chi connectivity index (χ1n) is 6.59. The van der Waals surface area contributed by atoms with Gasteiger partial charge in [-0.25, -0.2) is 14.0 Å². The molecule has 21 heavy (non-hydrogen) atoms. The van der Waals surface area contributed by atoms with Gasteiger partial charge in [0, 0.05) is 26.1 Å². The van der Waals surface area contributed by atoms with Crippen molar-refractivity contribution in [2.75, 3.05) is 18.5 Å². The second kappa shape index (κ2) is 6.09. The highest BCUT2D eigenvalue weighted by Crippen LogP contribution is 2.22. The third-order valence-corrected chi connectivity index (χ3v) is 3.48. The van der Waals surface area contributed by atoms with Crippen LogP contribution in [0.3, 0.4) is 0 Å². The lowest BCUT2D eigenvalue weighted by molar-refractivity contribution is -0.148. The van der Waals surface area contributed by atoms with Crippen molar-refractivity contribution in [1.29, 1.82) is 0 Å². The van der Waals surface area contributed by atoms with E-state index in [0.717, 1.165) is 5.56 Å². The van der Waals surface area contributed by atoms with Crippen LogP contribution in [0.25, 0.3) is 0 Å². The fourth-order valence-corrected chi connectivity index (χ4v) is 2.20. The molecule has 1 heterocycles. The topological polar surface area (TPSA) is 87.7 Å². The number of rotatable bonds is 3. The van der Waals surface area contributed by atoms with Crippen molar-refractivity contribution in [3.63, 3.8) is 0 Å². The minimum absolute atomic E-state index is 0.00528. The molecule has 0 aliphatic carbocycles. The number of urea groups is 1. The lowest BCUT2D eigenvalue weighted by Gasteiger charge is -2.33. The lowest BCUT2D eigenvalue weighted by Crippen LogP contribution is -2.58. The number of carboxylic acid groups (broad SMARTS) is 1. The van der Waals surface area contributed by atoms with E-state index in [9.17, 15) is 19.1 Å². The average molecular weight is 296 g/mol. The molecule has 1 aliphatic heterocycles. The minimum Gasteiger partial charge on any atom is -0.480 e. The molecule has 2 rings (SSSR count). The minimum atomic E-state index is -1.37. The third-order valence-electron chi connectivity index (χ3n) is 3.48. The van der Waals surface area contributed by atoms with Gasteiger partial charge in [0.2, 0.25) is 0 Å². The summed E-state index contributed by atoms with van der Waals surface area (Å²) in [6.07, 6.45) is 0.346. The van der Waals surface area contributed by atoms with E-state index in [1.165, 1.54) is 12.1 Å². The molecule has 0 radical (unpaired) electrons. The SMILES string of the molecule is Cc1ccc(NC(=O)NC2(C(=O)O)CCOCC2)c(F)c1. The zero-order valence-electron chi connectivity index (χ0n) is 11.6. The van der Waals surface area contributed by atoms with E-state index in [-0.39, 0.29) is 31.7 Å². The smallest absolute Gasteiger partial charge is 0.329 e. The first-order valence-corrected chi connectivity index (χ1v) is 6.59. The number of hydrogen-bond donors (Lipinski definition) is 3. The van der Waals surface area contributed by atoms with Crippen molar-refractivity contribution < 1.29 is 23.8 Å². The Morgan fingerprint density at radius 3 is 2.57 bits per heavy atom. The first-order chi connectivity index (χ1) is 9.93. The molecule has 0 saturated carbocycles. The van der Waals surface area contributed by atoms with Gasteiger partial charge in [0.15, 0.2) is 0 Å². The highest BCUT2D eigenvalue weighted by Gasteiger charge is 2.41. The van der Waals surface area contributed by atoms with Crippen LogP contribution in [0.15, 0.2) is 18.2 Å². The fourth-order valence-electron chi connectivity index (χ4n) is 2.20. The molecule has 3 N–H and O–H groups in total. The Hall–Kier alpha value is -2.15. The zero-order valence-corrected chi connectivity index (χ0v) is 11.6. The number of benzene rings is 1. The van der Waals surface area contributed by atoms with Crippen molar-refractivity contribution in [3.8, 4) is 0 Å². The van der Waals surface area contributed by atoms with Gasteiger partial charge in [-0.15, -0.1) is 0 Å². The summed E-state index contributed by atoms with van der Waals surface area (Å²) in [4.78, 5) is 23.3. The summed E-state index contributed by atoms with van der Waals surface area (Å²) in [5.74, 6) is -1.69. The number of halogens is 1. The standard InChI is InChI=1S/C14H17FN2O4/c1-9-2-3-11(10(15)8-9)16-13(20)17-14(12(18)19)4-6-21-7-5-14/h2-3,8H,4-7H2,1H3,(H,18,19)(H2,16,17,20). The highest BCUT2D eigenvalue weighted by atomic mass is 19.1. The Bertz CT molecular complexity index is 556. The molecule has 6 nitrogen and oxygen atoms in total. The van der Waals surface area contributed by atoms with Crippen LogP contribution >= 0.6 is 0 Å². The summed E-state index contributed by atoms with van der Waals surface area (Å²) in [7, 11) is 0. The van der Waals surface area contributed by atoms with Gasteiger partial charge in [0.05, 0.1) is 5.69 Å². The van der Waals surface area contributed by atoms with Crippen molar-refractivity contribution in [2.24, 2.45) is 0 Å². The van der Waals surface area contributed by atoms with E-state index in [1.807, 2.05) is 0 Å². The summed E-state index contributed by atoms with van der Waals surface area (Å²) in [6, 6.07) is 3.63. The average Bonchev–Trinajstić information content (AvgIpc) is 2.43. The van der Waals surface area contributed by atoms with Gasteiger partial charge in [-0.2, -0.15) is 0 Å². The summed E-state index contributed by atoms with van der Waals surface area (Å²) in [6.45, 7) is 2.24. The molecule has 0 spiro atoms. The second-order valence-corrected chi connectivity index (χ2v) is 5.06. The summed E-state index contributed by atoms with van der Waals surface area (Å²) in [5, 5.41) is 14.1. The predicted molar refractivity (Wildman–Crippen MR) is 73.7 cm³/mol. The Kier molecular flexibility index (Phi) is 4.42. The number of ether oxygens (including phenoxy) is 1. The summed E-state index contributed by atoms with van der Waals surface area (Å²) < 4.78 is 18.8. The number of carboxylic acids is 1. The number of hydrogen-bond acceptors (Lipinski definition) is 3. The monoisotopic (exact) mass is 296 g/mol. The first kappa shape index (κ1) is 15.2. The molecule has 0 bridgehead atoms. The predicted octanol–water partition coefficient (Wildman–Crippen LogP) is 1.89. The van der Waals surface area contributed by atoms with E-state index in [4.69, 9.17) is 4.74 Å². The molecule has 0 aromatic heterocycles. The number of amides is 2. The normalized spacial score (nSPS) is 17.0. The van der Waals surface area contributed by atoms with E-state index in [2.05, 4.69) is 10.6 Å². The van der Waals surface area contributed by atoms with Gasteiger partial charge in [0.25, 0.3) is 0 Å². The number of nitrogens with one attached hydrogen (secondary N) is 2. The van der Waals surface area contributed by atoms with Gasteiger partial charge in [-0.1, -0.05) is 6.07 Å². The van der Waals surface area contributed by atoms with Crippen LogP contribution in [0.4, 0.5) is 14.9 Å². The van der Waals surface area contributed by atoms with Crippen LogP contribution in [-0.4, -0.2) is 35.9 Å². The molecule has 1 fully saturated rings. The number of anilines is 1. The van der Waals surface area contributed by atoms with Crippen LogP contribution < -0.4 is 10.6 Å². The largest absolute Gasteiger partial charge is 0.480 e. The highest BCUT2D eigenvalue weighted by molar-refractivity contribution is 5.94. The van der Waals surface area contributed by atoms with Crippen LogP contribution in [0.2, 0.25) is 0 Å². The number of aliphatic carboxylic acids is 1. The Morgan fingerprint density at radius 1 is 1.33 bits per heavy atom. The lowest BCUT2D eigenvalue weighted by atomic mass is 9.90. The number of aryl methyl sites for hydroxylation is 1. The maximum atomic E-state index is 13.7. The Morgan fingerprint density at radius 2 is 2.00 bits per heavy atom. The van der Waals surface area contributed by atoms with Gasteiger partial charge in [-0.3, -0.25) is 0 Å². The van der Waals surface area contributed by atoms with Crippen molar-refractivity contribution in [2.45, 2.75) is 25.3 Å². The number of carbonyl (C=O) groups excluding carboxylic acids is 1. The van der Waals surface area contributed by atoms with Crippen LogP contribution in [0, 0.1) is 12.7 Å². The number of carbonyl (C=O) groups is 2. The molecule has 0 unspecified atom stereocenters. The molecule has 114 valence electrons. The Labute approximate surface area is 121 Å². The molecule has 1 saturated heterocycles. The molecular weight excluding hydrogens is 279 g/mol. The molecular formula is C14H17FN2O4. The summed E-state index contributed by atoms with van der Waals surface area (Å²) in [5.41, 5.74) is -0.639. The molecule has 0 atom stereocenters. The van der Waals surface area contributed by atoms with Crippen LogP contribution in [-0.2, 0) is 9.53 Å². The summed E-state index contributed by atoms with van der Waals surface area (Å²) >= 11 is 0. The quantitative estimate of drug-likeness (QED) is 0.795. The Balaban J connectivity index is 2.07. The molecule has 1 aliphatic rings. The fraction of sp³-hybridized carbons (Fsp3) is 0.429. The van der Waals surface area contributed by atoms with E-state index >= 15 is 0 Å². The van der Waals surface area contributed by atoms with Crippen molar-refractivity contribution >= 4 is 17.7 Å².